The van der Waals surface area contributed by atoms with Gasteiger partial charge in [-0.3, -0.25) is 4.39 Å². The first-order valence-electron chi connectivity index (χ1n) is 13.5. The van der Waals surface area contributed by atoms with Gasteiger partial charge in [0.2, 0.25) is 0 Å². The molecule has 0 aliphatic heterocycles. The van der Waals surface area contributed by atoms with Gasteiger partial charge in [0, 0.05) is 0 Å². The first kappa shape index (κ1) is 23.5. The number of halogens is 1. The zero-order valence-electron chi connectivity index (χ0n) is 20.2. The van der Waals surface area contributed by atoms with E-state index in [1.807, 2.05) is 0 Å². The molecular formula is C31H43F. The van der Waals surface area contributed by atoms with E-state index in [-0.39, 0.29) is 6.67 Å². The number of hydrogen-bond acceptors (Lipinski definition) is 0. The highest BCUT2D eigenvalue weighted by molar-refractivity contribution is 5.64. The minimum Gasteiger partial charge on any atom is -0.251 e. The molecule has 2 aliphatic rings. The van der Waals surface area contributed by atoms with Gasteiger partial charge < -0.3 is 0 Å². The summed E-state index contributed by atoms with van der Waals surface area (Å²) in [5, 5.41) is 0. The molecular weight excluding hydrogens is 391 g/mol. The second kappa shape index (κ2) is 12.0. The van der Waals surface area contributed by atoms with E-state index in [0.29, 0.717) is 6.42 Å². The zero-order chi connectivity index (χ0) is 22.2. The van der Waals surface area contributed by atoms with Gasteiger partial charge in [-0.15, -0.1) is 0 Å². The van der Waals surface area contributed by atoms with E-state index in [4.69, 9.17) is 0 Å². The van der Waals surface area contributed by atoms with Crippen LogP contribution < -0.4 is 0 Å². The minimum atomic E-state index is -0.202. The average molecular weight is 435 g/mol. The summed E-state index contributed by atoms with van der Waals surface area (Å²) in [4.78, 5) is 0. The lowest BCUT2D eigenvalue weighted by molar-refractivity contribution is 0.156. The lowest BCUT2D eigenvalue weighted by Gasteiger charge is -2.38. The summed E-state index contributed by atoms with van der Waals surface area (Å²) in [7, 11) is 0. The quantitative estimate of drug-likeness (QED) is 0.345. The second-order valence-corrected chi connectivity index (χ2v) is 10.6. The van der Waals surface area contributed by atoms with E-state index >= 15 is 0 Å². The molecule has 0 aromatic heterocycles. The minimum absolute atomic E-state index is 0.202. The molecule has 2 aromatic rings. The van der Waals surface area contributed by atoms with E-state index < -0.39 is 0 Å². The van der Waals surface area contributed by atoms with Crippen molar-refractivity contribution in [1.29, 1.82) is 0 Å². The Morgan fingerprint density at radius 2 is 1.25 bits per heavy atom. The molecule has 0 spiro atoms. The summed E-state index contributed by atoms with van der Waals surface area (Å²) in [6, 6.07) is 18.2. The van der Waals surface area contributed by atoms with Crippen LogP contribution in [0.2, 0.25) is 0 Å². The normalized spacial score (nSPS) is 26.2. The topological polar surface area (TPSA) is 0 Å². The van der Waals surface area contributed by atoms with Gasteiger partial charge in [0.1, 0.15) is 0 Å². The van der Waals surface area contributed by atoms with Crippen molar-refractivity contribution in [2.75, 3.05) is 6.67 Å². The Kier molecular flexibility index (Phi) is 8.83. The second-order valence-electron chi connectivity index (χ2n) is 10.6. The molecule has 0 radical (unpaired) electrons. The van der Waals surface area contributed by atoms with Crippen LogP contribution in [0.25, 0.3) is 11.1 Å². The Morgan fingerprint density at radius 1 is 0.688 bits per heavy atom. The molecule has 4 rings (SSSR count). The number of aryl methyl sites for hydroxylation is 1. The summed E-state index contributed by atoms with van der Waals surface area (Å²) < 4.78 is 12.3. The Balaban J connectivity index is 1.26. The van der Waals surface area contributed by atoms with Gasteiger partial charge >= 0.3 is 0 Å². The maximum absolute atomic E-state index is 12.3. The number of hydrogen-bond donors (Lipinski definition) is 0. The summed E-state index contributed by atoms with van der Waals surface area (Å²) in [5.41, 5.74) is 5.45. The molecule has 2 aromatic carbocycles. The molecule has 2 fully saturated rings. The Hall–Kier alpha value is -1.63. The lowest BCUT2D eigenvalue weighted by Crippen LogP contribution is -2.25. The van der Waals surface area contributed by atoms with E-state index in [9.17, 15) is 4.39 Å². The van der Waals surface area contributed by atoms with E-state index in [1.165, 1.54) is 80.9 Å². The molecule has 1 heteroatoms. The molecule has 0 saturated heterocycles. The maximum Gasteiger partial charge on any atom is 0.0894 e. The molecule has 32 heavy (non-hydrogen) atoms. The van der Waals surface area contributed by atoms with E-state index in [1.54, 1.807) is 5.56 Å². The molecule has 0 atom stereocenters. The molecule has 0 nitrogen and oxygen atoms in total. The Morgan fingerprint density at radius 3 is 1.81 bits per heavy atom. The van der Waals surface area contributed by atoms with Gasteiger partial charge in [0.15, 0.2) is 0 Å². The van der Waals surface area contributed by atoms with E-state index in [0.717, 1.165) is 36.5 Å². The van der Waals surface area contributed by atoms with Gasteiger partial charge in [-0.05, 0) is 104 Å². The molecule has 0 heterocycles. The third-order valence-electron chi connectivity index (χ3n) is 8.55. The zero-order valence-corrected chi connectivity index (χ0v) is 20.2. The van der Waals surface area contributed by atoms with Crippen LogP contribution in [0.1, 0.15) is 101 Å². The van der Waals surface area contributed by atoms with Gasteiger partial charge in [-0.2, -0.15) is 0 Å². The van der Waals surface area contributed by atoms with Crippen molar-refractivity contribution in [3.05, 3.63) is 59.7 Å². The monoisotopic (exact) mass is 434 g/mol. The number of unbranched alkanes of at least 4 members (excludes halogenated alkanes) is 1. The van der Waals surface area contributed by atoms with Crippen LogP contribution in [-0.4, -0.2) is 6.67 Å². The average Bonchev–Trinajstić information content (AvgIpc) is 2.86. The van der Waals surface area contributed by atoms with Crippen molar-refractivity contribution in [2.24, 2.45) is 17.8 Å². The van der Waals surface area contributed by atoms with Crippen molar-refractivity contribution in [2.45, 2.75) is 96.3 Å². The van der Waals surface area contributed by atoms with Crippen LogP contribution in [0.3, 0.4) is 0 Å². The van der Waals surface area contributed by atoms with Crippen molar-refractivity contribution in [1.82, 2.24) is 0 Å². The summed E-state index contributed by atoms with van der Waals surface area (Å²) in [6.45, 7) is 2.14. The third kappa shape index (κ3) is 6.24. The number of rotatable bonds is 9. The molecule has 0 amide bonds. The summed E-state index contributed by atoms with van der Waals surface area (Å²) >= 11 is 0. The van der Waals surface area contributed by atoms with Gasteiger partial charge in [0.05, 0.1) is 6.67 Å². The Labute approximate surface area is 196 Å². The van der Waals surface area contributed by atoms with E-state index in [2.05, 4.69) is 55.5 Å². The maximum atomic E-state index is 12.3. The molecule has 2 saturated carbocycles. The van der Waals surface area contributed by atoms with Crippen LogP contribution >= 0.6 is 0 Å². The third-order valence-corrected chi connectivity index (χ3v) is 8.55. The molecule has 0 bridgehead atoms. The highest BCUT2D eigenvalue weighted by Gasteiger charge is 2.31. The van der Waals surface area contributed by atoms with Crippen LogP contribution in [0, 0.1) is 17.8 Å². The Bertz CT molecular complexity index is 774. The van der Waals surface area contributed by atoms with Crippen molar-refractivity contribution < 1.29 is 4.39 Å². The van der Waals surface area contributed by atoms with Crippen molar-refractivity contribution in [3.8, 4) is 11.1 Å². The van der Waals surface area contributed by atoms with Crippen LogP contribution in [-0.2, 0) is 6.42 Å². The van der Waals surface area contributed by atoms with Crippen molar-refractivity contribution in [3.63, 3.8) is 0 Å². The predicted molar refractivity (Wildman–Crippen MR) is 136 cm³/mol. The first-order valence-corrected chi connectivity index (χ1v) is 13.5. The highest BCUT2D eigenvalue weighted by Crippen LogP contribution is 2.44. The predicted octanol–water partition coefficient (Wildman–Crippen LogP) is 9.53. The fraction of sp³-hybridized carbons (Fsp3) is 0.613. The molecule has 0 N–H and O–H groups in total. The largest absolute Gasteiger partial charge is 0.251 e. The molecule has 174 valence electrons. The summed E-state index contributed by atoms with van der Waals surface area (Å²) in [6.07, 6.45) is 17.1. The fourth-order valence-corrected chi connectivity index (χ4v) is 6.52. The number of benzene rings is 2. The van der Waals surface area contributed by atoms with Crippen LogP contribution in [0.5, 0.6) is 0 Å². The first-order chi connectivity index (χ1) is 15.8. The number of alkyl halides is 1. The SMILES string of the molecule is CCC[C@H]1CC[C@H](C2CCC(c3ccc(-c4ccc(CCCCF)cc4)cc3)CC2)CC1. The van der Waals surface area contributed by atoms with Gasteiger partial charge in [0.25, 0.3) is 0 Å². The highest BCUT2D eigenvalue weighted by atomic mass is 19.1. The summed E-state index contributed by atoms with van der Waals surface area (Å²) in [5.74, 6) is 3.81. The standard InChI is InChI=1S/C31H43F/c1-2-5-24-7-11-26(12-8-24)28-15-19-30(20-16-28)31-21-17-29(18-22-31)27-13-9-25(10-14-27)6-3-4-23-32/h9-10,13-14,17-18,21-22,24,26,28,30H,2-8,11-12,15-16,19-20,23H2,1H3/t24-,26-,28?,30?. The molecule has 2 aliphatic carbocycles. The van der Waals surface area contributed by atoms with Crippen LogP contribution in [0.15, 0.2) is 48.5 Å². The van der Waals surface area contributed by atoms with Crippen LogP contribution in [0.4, 0.5) is 4.39 Å². The van der Waals surface area contributed by atoms with Crippen molar-refractivity contribution >= 4 is 0 Å². The van der Waals surface area contributed by atoms with Gasteiger partial charge in [-0.1, -0.05) is 81.1 Å². The van der Waals surface area contributed by atoms with Gasteiger partial charge in [-0.25, -0.2) is 0 Å². The smallest absolute Gasteiger partial charge is 0.0894 e. The fourth-order valence-electron chi connectivity index (χ4n) is 6.52. The molecule has 0 unspecified atom stereocenters. The lowest BCUT2D eigenvalue weighted by atomic mass is 9.68.